The van der Waals surface area contributed by atoms with E-state index in [0.717, 1.165) is 12.2 Å². The number of halogens is 2. The Bertz CT molecular complexity index is 282. The molecule has 0 spiro atoms. The second kappa shape index (κ2) is 5.85. The zero-order valence-electron chi connectivity index (χ0n) is 9.21. The van der Waals surface area contributed by atoms with Crippen LogP contribution in [0.4, 0.5) is 8.78 Å². The molecule has 0 bridgehead atoms. The van der Waals surface area contributed by atoms with Crippen molar-refractivity contribution in [3.63, 3.8) is 0 Å². The third kappa shape index (κ3) is 4.42. The van der Waals surface area contributed by atoms with Gasteiger partial charge in [0.2, 0.25) is 0 Å². The summed E-state index contributed by atoms with van der Waals surface area (Å²) in [7, 11) is 0. The molecule has 4 heteroatoms. The number of nitrogens with one attached hydrogen (secondary N) is 1. The Morgan fingerprint density at radius 1 is 1.40 bits per heavy atom. The van der Waals surface area contributed by atoms with Gasteiger partial charge in [-0.25, -0.2) is 8.78 Å². The van der Waals surface area contributed by atoms with E-state index in [-0.39, 0.29) is 6.54 Å². The van der Waals surface area contributed by atoms with Crippen LogP contribution >= 0.6 is 0 Å². The van der Waals surface area contributed by atoms with Crippen LogP contribution in [0.1, 0.15) is 19.5 Å². The molecular formula is C11H18F2N2. The average Bonchev–Trinajstić information content (AvgIpc) is 2.51. The molecule has 1 aromatic heterocycles. The Morgan fingerprint density at radius 2 is 2.13 bits per heavy atom. The molecule has 15 heavy (non-hydrogen) atoms. The van der Waals surface area contributed by atoms with E-state index >= 15 is 0 Å². The fourth-order valence-electron chi connectivity index (χ4n) is 1.43. The molecule has 0 aliphatic rings. The molecule has 1 aromatic rings. The maximum atomic E-state index is 12.2. The topological polar surface area (TPSA) is 17.0 Å². The third-order valence-corrected chi connectivity index (χ3v) is 2.12. The molecule has 0 saturated carbocycles. The highest BCUT2D eigenvalue weighted by Gasteiger charge is 2.06. The molecule has 0 radical (unpaired) electrons. The summed E-state index contributed by atoms with van der Waals surface area (Å²) in [6.07, 6.45) is -0.598. The summed E-state index contributed by atoms with van der Waals surface area (Å²) in [6, 6.07) is 3.67. The Hall–Kier alpha value is -0.900. The van der Waals surface area contributed by atoms with Gasteiger partial charge in [0.15, 0.2) is 0 Å². The molecule has 0 aliphatic carbocycles. The first-order valence-electron chi connectivity index (χ1n) is 5.22. The van der Waals surface area contributed by atoms with Gasteiger partial charge in [-0.15, -0.1) is 0 Å². The molecule has 0 fully saturated rings. The van der Waals surface area contributed by atoms with E-state index in [4.69, 9.17) is 0 Å². The van der Waals surface area contributed by atoms with Crippen LogP contribution in [0.15, 0.2) is 18.3 Å². The Kier molecular flexibility index (Phi) is 4.75. The lowest BCUT2D eigenvalue weighted by atomic mass is 10.2. The number of nitrogens with zero attached hydrogens (tertiary/aromatic N) is 1. The molecule has 0 aliphatic heterocycles. The largest absolute Gasteiger partial charge is 0.345 e. The summed E-state index contributed by atoms with van der Waals surface area (Å²) in [5.41, 5.74) is 0.913. The number of aromatic nitrogens is 1. The summed E-state index contributed by atoms with van der Waals surface area (Å²) in [5.74, 6) is 0.573. The van der Waals surface area contributed by atoms with Crippen LogP contribution in [-0.2, 0) is 13.1 Å². The highest BCUT2D eigenvalue weighted by molar-refractivity contribution is 5.06. The minimum absolute atomic E-state index is 0.217. The molecule has 0 amide bonds. The average molecular weight is 216 g/mol. The van der Waals surface area contributed by atoms with E-state index < -0.39 is 6.43 Å². The van der Waals surface area contributed by atoms with Gasteiger partial charge < -0.3 is 9.88 Å². The lowest BCUT2D eigenvalue weighted by molar-refractivity contribution is 0.125. The lowest BCUT2D eigenvalue weighted by Gasteiger charge is -2.10. The molecule has 1 rings (SSSR count). The van der Waals surface area contributed by atoms with Crippen LogP contribution in [0.25, 0.3) is 0 Å². The quantitative estimate of drug-likeness (QED) is 0.773. The van der Waals surface area contributed by atoms with Crippen molar-refractivity contribution < 1.29 is 8.78 Å². The first-order valence-corrected chi connectivity index (χ1v) is 5.22. The van der Waals surface area contributed by atoms with Gasteiger partial charge in [0.05, 0.1) is 6.54 Å². The molecule has 0 saturated heterocycles. The first-order chi connectivity index (χ1) is 7.09. The van der Waals surface area contributed by atoms with Crippen molar-refractivity contribution in [1.82, 2.24) is 9.88 Å². The fraction of sp³-hybridized carbons (Fsp3) is 0.636. The Morgan fingerprint density at radius 3 is 2.73 bits per heavy atom. The number of alkyl halides is 2. The molecule has 86 valence electrons. The fourth-order valence-corrected chi connectivity index (χ4v) is 1.43. The highest BCUT2D eigenvalue weighted by atomic mass is 19.3. The zero-order valence-corrected chi connectivity index (χ0v) is 9.21. The second-order valence-corrected chi connectivity index (χ2v) is 4.07. The molecule has 1 heterocycles. The van der Waals surface area contributed by atoms with E-state index in [0.29, 0.717) is 12.5 Å². The van der Waals surface area contributed by atoms with Gasteiger partial charge in [0.25, 0.3) is 6.43 Å². The maximum Gasteiger partial charge on any atom is 0.256 e. The summed E-state index contributed by atoms with van der Waals surface area (Å²) < 4.78 is 26.0. The van der Waals surface area contributed by atoms with Crippen molar-refractivity contribution in [2.75, 3.05) is 6.54 Å². The van der Waals surface area contributed by atoms with Crippen molar-refractivity contribution in [3.05, 3.63) is 24.0 Å². The number of rotatable bonds is 6. The molecule has 1 N–H and O–H groups in total. The predicted molar refractivity (Wildman–Crippen MR) is 57.0 cm³/mol. The Labute approximate surface area is 89.3 Å². The van der Waals surface area contributed by atoms with Gasteiger partial charge in [0, 0.05) is 18.4 Å². The van der Waals surface area contributed by atoms with Crippen LogP contribution in [0.2, 0.25) is 0 Å². The SMILES string of the molecule is CC(C)CNCc1cccn1CC(F)F. The zero-order chi connectivity index (χ0) is 11.3. The summed E-state index contributed by atoms with van der Waals surface area (Å²) in [5, 5.41) is 3.24. The summed E-state index contributed by atoms with van der Waals surface area (Å²) in [6.45, 7) is 5.57. The minimum Gasteiger partial charge on any atom is -0.345 e. The minimum atomic E-state index is -2.29. The maximum absolute atomic E-state index is 12.2. The highest BCUT2D eigenvalue weighted by Crippen LogP contribution is 2.06. The molecular weight excluding hydrogens is 198 g/mol. The van der Waals surface area contributed by atoms with E-state index in [9.17, 15) is 8.78 Å². The molecule has 0 unspecified atom stereocenters. The monoisotopic (exact) mass is 216 g/mol. The molecule has 0 atom stereocenters. The van der Waals surface area contributed by atoms with Crippen molar-refractivity contribution in [3.8, 4) is 0 Å². The van der Waals surface area contributed by atoms with E-state index in [1.165, 1.54) is 0 Å². The summed E-state index contributed by atoms with van der Waals surface area (Å²) >= 11 is 0. The van der Waals surface area contributed by atoms with Gasteiger partial charge >= 0.3 is 0 Å². The lowest BCUT2D eigenvalue weighted by Crippen LogP contribution is -2.21. The van der Waals surface area contributed by atoms with E-state index in [2.05, 4.69) is 19.2 Å². The third-order valence-electron chi connectivity index (χ3n) is 2.12. The van der Waals surface area contributed by atoms with Gasteiger partial charge in [-0.1, -0.05) is 13.8 Å². The normalized spacial score (nSPS) is 11.6. The van der Waals surface area contributed by atoms with Crippen LogP contribution in [0.3, 0.4) is 0 Å². The van der Waals surface area contributed by atoms with Gasteiger partial charge in [-0.3, -0.25) is 0 Å². The van der Waals surface area contributed by atoms with Crippen LogP contribution < -0.4 is 5.32 Å². The van der Waals surface area contributed by atoms with Crippen molar-refractivity contribution >= 4 is 0 Å². The predicted octanol–water partition coefficient (Wildman–Crippen LogP) is 2.50. The number of hydrogen-bond donors (Lipinski definition) is 1. The van der Waals surface area contributed by atoms with E-state index in [1.807, 2.05) is 6.07 Å². The molecule has 2 nitrogen and oxygen atoms in total. The van der Waals surface area contributed by atoms with Crippen molar-refractivity contribution in [2.45, 2.75) is 33.4 Å². The van der Waals surface area contributed by atoms with E-state index in [1.54, 1.807) is 16.8 Å². The summed E-state index contributed by atoms with van der Waals surface area (Å²) in [4.78, 5) is 0. The van der Waals surface area contributed by atoms with Crippen molar-refractivity contribution in [1.29, 1.82) is 0 Å². The van der Waals surface area contributed by atoms with Gasteiger partial charge in [-0.2, -0.15) is 0 Å². The molecule has 0 aromatic carbocycles. The van der Waals surface area contributed by atoms with Gasteiger partial charge in [-0.05, 0) is 24.6 Å². The van der Waals surface area contributed by atoms with Crippen LogP contribution in [0.5, 0.6) is 0 Å². The number of hydrogen-bond acceptors (Lipinski definition) is 1. The van der Waals surface area contributed by atoms with Crippen molar-refractivity contribution in [2.24, 2.45) is 5.92 Å². The smallest absolute Gasteiger partial charge is 0.256 e. The first kappa shape index (κ1) is 12.2. The second-order valence-electron chi connectivity index (χ2n) is 4.07. The van der Waals surface area contributed by atoms with Crippen LogP contribution in [0, 0.1) is 5.92 Å². The van der Waals surface area contributed by atoms with Gasteiger partial charge in [0.1, 0.15) is 0 Å². The standard InChI is InChI=1S/C11H18F2N2/c1-9(2)6-14-7-10-4-3-5-15(10)8-11(12)13/h3-5,9,11,14H,6-8H2,1-2H3. The van der Waals surface area contributed by atoms with Crippen LogP contribution in [-0.4, -0.2) is 17.5 Å². The Balaban J connectivity index is 2.43.